The van der Waals surface area contributed by atoms with Crippen LogP contribution in [0.15, 0.2) is 10.7 Å². The standard InChI is InChI=1S/C14H21NO2/c1-9-5-10(2)7-15(6-9)14(16)13-11(3)8-17-12(13)4/h8-10H,5-7H2,1-4H3. The Kier molecular flexibility index (Phi) is 3.27. The number of amides is 1. The van der Waals surface area contributed by atoms with E-state index in [-0.39, 0.29) is 5.91 Å². The summed E-state index contributed by atoms with van der Waals surface area (Å²) in [5.41, 5.74) is 1.70. The third kappa shape index (κ3) is 2.38. The molecule has 0 radical (unpaired) electrons. The average molecular weight is 235 g/mol. The van der Waals surface area contributed by atoms with Gasteiger partial charge in [-0.15, -0.1) is 0 Å². The lowest BCUT2D eigenvalue weighted by Crippen LogP contribution is -2.42. The van der Waals surface area contributed by atoms with E-state index in [1.165, 1.54) is 6.42 Å². The lowest BCUT2D eigenvalue weighted by Gasteiger charge is -2.35. The Balaban J connectivity index is 2.20. The molecule has 0 bridgehead atoms. The SMILES string of the molecule is Cc1coc(C)c1C(=O)N1CC(C)CC(C)C1. The first-order valence-corrected chi connectivity index (χ1v) is 6.33. The predicted molar refractivity (Wildman–Crippen MR) is 67.0 cm³/mol. The molecule has 1 fully saturated rings. The van der Waals surface area contributed by atoms with Crippen molar-refractivity contribution in [2.45, 2.75) is 34.1 Å². The summed E-state index contributed by atoms with van der Waals surface area (Å²) in [6, 6.07) is 0. The van der Waals surface area contributed by atoms with Crippen molar-refractivity contribution in [2.75, 3.05) is 13.1 Å². The number of nitrogens with zero attached hydrogens (tertiary/aromatic N) is 1. The van der Waals surface area contributed by atoms with Crippen molar-refractivity contribution < 1.29 is 9.21 Å². The van der Waals surface area contributed by atoms with Gasteiger partial charge in [0.2, 0.25) is 0 Å². The first-order valence-electron chi connectivity index (χ1n) is 6.33. The second-order valence-electron chi connectivity index (χ2n) is 5.51. The number of rotatable bonds is 1. The van der Waals surface area contributed by atoms with Gasteiger partial charge in [0.25, 0.3) is 5.91 Å². The molecule has 0 aromatic carbocycles. The minimum absolute atomic E-state index is 0.132. The van der Waals surface area contributed by atoms with Crippen LogP contribution in [-0.2, 0) is 0 Å². The summed E-state index contributed by atoms with van der Waals surface area (Å²) in [5.74, 6) is 2.05. The van der Waals surface area contributed by atoms with Crippen LogP contribution in [0.1, 0.15) is 41.9 Å². The number of piperidine rings is 1. The molecule has 0 saturated carbocycles. The van der Waals surface area contributed by atoms with Gasteiger partial charge in [-0.05, 0) is 32.1 Å². The number of hydrogen-bond donors (Lipinski definition) is 0. The van der Waals surface area contributed by atoms with E-state index in [1.54, 1.807) is 6.26 Å². The molecule has 1 aromatic heterocycles. The second-order valence-corrected chi connectivity index (χ2v) is 5.51. The van der Waals surface area contributed by atoms with Gasteiger partial charge in [-0.2, -0.15) is 0 Å². The van der Waals surface area contributed by atoms with E-state index in [0.29, 0.717) is 11.8 Å². The zero-order valence-corrected chi connectivity index (χ0v) is 11.1. The molecule has 0 spiro atoms. The Bertz CT molecular complexity index is 392. The Hall–Kier alpha value is -1.25. The maximum atomic E-state index is 12.5. The molecule has 3 heteroatoms. The van der Waals surface area contributed by atoms with Crippen molar-refractivity contribution in [1.29, 1.82) is 0 Å². The zero-order chi connectivity index (χ0) is 12.6. The van der Waals surface area contributed by atoms with Crippen molar-refractivity contribution >= 4 is 5.91 Å². The van der Waals surface area contributed by atoms with Crippen molar-refractivity contribution in [2.24, 2.45) is 11.8 Å². The molecule has 1 amide bonds. The van der Waals surface area contributed by atoms with E-state index in [0.717, 1.165) is 30.0 Å². The molecule has 94 valence electrons. The normalized spacial score (nSPS) is 25.1. The van der Waals surface area contributed by atoms with Crippen LogP contribution in [0.2, 0.25) is 0 Å². The van der Waals surface area contributed by atoms with Crippen LogP contribution in [0.25, 0.3) is 0 Å². The van der Waals surface area contributed by atoms with E-state index in [9.17, 15) is 4.79 Å². The first-order chi connectivity index (χ1) is 7.99. The Morgan fingerprint density at radius 1 is 1.29 bits per heavy atom. The third-order valence-electron chi connectivity index (χ3n) is 3.53. The van der Waals surface area contributed by atoms with E-state index < -0.39 is 0 Å². The van der Waals surface area contributed by atoms with Gasteiger partial charge in [0.05, 0.1) is 11.8 Å². The minimum Gasteiger partial charge on any atom is -0.469 e. The molecular formula is C14H21NO2. The summed E-state index contributed by atoms with van der Waals surface area (Å²) in [5, 5.41) is 0. The van der Waals surface area contributed by atoms with Crippen LogP contribution in [0.3, 0.4) is 0 Å². The van der Waals surface area contributed by atoms with Gasteiger partial charge in [-0.3, -0.25) is 4.79 Å². The molecule has 2 atom stereocenters. The van der Waals surface area contributed by atoms with Crippen LogP contribution < -0.4 is 0 Å². The van der Waals surface area contributed by atoms with Crippen molar-refractivity contribution in [3.63, 3.8) is 0 Å². The highest BCUT2D eigenvalue weighted by molar-refractivity contribution is 5.96. The maximum absolute atomic E-state index is 12.5. The molecule has 1 saturated heterocycles. The van der Waals surface area contributed by atoms with E-state index in [1.807, 2.05) is 18.7 Å². The molecule has 1 aliphatic rings. The van der Waals surface area contributed by atoms with E-state index in [4.69, 9.17) is 4.42 Å². The average Bonchev–Trinajstić information content (AvgIpc) is 2.56. The van der Waals surface area contributed by atoms with Gasteiger partial charge in [-0.1, -0.05) is 13.8 Å². The lowest BCUT2D eigenvalue weighted by molar-refractivity contribution is 0.0620. The van der Waals surface area contributed by atoms with Crippen LogP contribution in [0.4, 0.5) is 0 Å². The van der Waals surface area contributed by atoms with Crippen LogP contribution in [0.5, 0.6) is 0 Å². The van der Waals surface area contributed by atoms with Gasteiger partial charge in [0.15, 0.2) is 0 Å². The molecule has 2 unspecified atom stereocenters. The molecule has 2 heterocycles. The number of carbonyl (C=O) groups is 1. The maximum Gasteiger partial charge on any atom is 0.257 e. The molecular weight excluding hydrogens is 214 g/mol. The van der Waals surface area contributed by atoms with Gasteiger partial charge < -0.3 is 9.32 Å². The summed E-state index contributed by atoms with van der Waals surface area (Å²) in [7, 11) is 0. The number of carbonyl (C=O) groups excluding carboxylic acids is 1. The smallest absolute Gasteiger partial charge is 0.257 e. The Labute approximate surface area is 103 Å². The topological polar surface area (TPSA) is 33.5 Å². The van der Waals surface area contributed by atoms with Crippen molar-refractivity contribution in [3.05, 3.63) is 23.2 Å². The zero-order valence-electron chi connectivity index (χ0n) is 11.1. The fourth-order valence-corrected chi connectivity index (χ4v) is 2.88. The van der Waals surface area contributed by atoms with Gasteiger partial charge >= 0.3 is 0 Å². The molecule has 2 rings (SSSR count). The summed E-state index contributed by atoms with van der Waals surface area (Å²) < 4.78 is 5.31. The molecule has 17 heavy (non-hydrogen) atoms. The van der Waals surface area contributed by atoms with Crippen molar-refractivity contribution in [1.82, 2.24) is 4.90 Å². The van der Waals surface area contributed by atoms with E-state index >= 15 is 0 Å². The number of furan rings is 1. The summed E-state index contributed by atoms with van der Waals surface area (Å²) >= 11 is 0. The van der Waals surface area contributed by atoms with Gasteiger partial charge in [-0.25, -0.2) is 0 Å². The van der Waals surface area contributed by atoms with Gasteiger partial charge in [0, 0.05) is 18.7 Å². The lowest BCUT2D eigenvalue weighted by atomic mass is 9.91. The third-order valence-corrected chi connectivity index (χ3v) is 3.53. The predicted octanol–water partition coefficient (Wildman–Crippen LogP) is 3.01. The second kappa shape index (κ2) is 4.55. The fourth-order valence-electron chi connectivity index (χ4n) is 2.88. The number of hydrogen-bond acceptors (Lipinski definition) is 2. The van der Waals surface area contributed by atoms with Crippen LogP contribution in [-0.4, -0.2) is 23.9 Å². The van der Waals surface area contributed by atoms with Crippen LogP contribution in [0, 0.1) is 25.7 Å². The Morgan fingerprint density at radius 3 is 2.35 bits per heavy atom. The molecule has 0 N–H and O–H groups in total. The fraction of sp³-hybridized carbons (Fsp3) is 0.643. The number of likely N-dealkylation sites (tertiary alicyclic amines) is 1. The minimum atomic E-state index is 0.132. The largest absolute Gasteiger partial charge is 0.469 e. The first kappa shape index (κ1) is 12.2. The summed E-state index contributed by atoms with van der Waals surface area (Å²) in [6.07, 6.45) is 2.88. The van der Waals surface area contributed by atoms with Crippen LogP contribution >= 0.6 is 0 Å². The summed E-state index contributed by atoms with van der Waals surface area (Å²) in [4.78, 5) is 14.4. The number of aryl methyl sites for hydroxylation is 2. The molecule has 3 nitrogen and oxygen atoms in total. The quantitative estimate of drug-likeness (QED) is 0.749. The van der Waals surface area contributed by atoms with E-state index in [2.05, 4.69) is 13.8 Å². The molecule has 1 aliphatic heterocycles. The summed E-state index contributed by atoms with van der Waals surface area (Å²) in [6.45, 7) is 9.95. The van der Waals surface area contributed by atoms with Gasteiger partial charge in [0.1, 0.15) is 5.76 Å². The van der Waals surface area contributed by atoms with Crippen molar-refractivity contribution in [3.8, 4) is 0 Å². The Morgan fingerprint density at radius 2 is 1.88 bits per heavy atom. The molecule has 1 aromatic rings. The highest BCUT2D eigenvalue weighted by Gasteiger charge is 2.28. The monoisotopic (exact) mass is 235 g/mol. The highest BCUT2D eigenvalue weighted by atomic mass is 16.3. The molecule has 0 aliphatic carbocycles. The highest BCUT2D eigenvalue weighted by Crippen LogP contribution is 2.25.